The molecule has 1 heterocycles. The first kappa shape index (κ1) is 15.8. The molecule has 3 nitrogen and oxygen atoms in total. The van der Waals surface area contributed by atoms with E-state index in [1.165, 1.54) is 16.7 Å². The lowest BCUT2D eigenvalue weighted by Crippen LogP contribution is -2.32. The molecule has 0 unspecified atom stereocenters. The highest BCUT2D eigenvalue weighted by atomic mass is 15.3. The summed E-state index contributed by atoms with van der Waals surface area (Å²) in [5.41, 5.74) is 10.7. The molecule has 0 aliphatic heterocycles. The zero-order valence-electron chi connectivity index (χ0n) is 14.1. The fourth-order valence-electron chi connectivity index (χ4n) is 2.41. The first-order valence-electron chi connectivity index (χ1n) is 7.50. The molecule has 114 valence electrons. The van der Waals surface area contributed by atoms with E-state index in [1.54, 1.807) is 0 Å². The van der Waals surface area contributed by atoms with Crippen LogP contribution in [0.5, 0.6) is 0 Å². The SMILES string of the molecule is Cc1ccc(Cn2cc(C(C)(C)C)c(C(C)(C)N)n2)cc1. The van der Waals surface area contributed by atoms with Crippen molar-refractivity contribution < 1.29 is 0 Å². The second kappa shape index (κ2) is 5.30. The highest BCUT2D eigenvalue weighted by molar-refractivity contribution is 5.31. The van der Waals surface area contributed by atoms with E-state index in [4.69, 9.17) is 10.8 Å². The van der Waals surface area contributed by atoms with Gasteiger partial charge in [-0.25, -0.2) is 0 Å². The van der Waals surface area contributed by atoms with Gasteiger partial charge in [-0.15, -0.1) is 0 Å². The normalized spacial score (nSPS) is 12.7. The van der Waals surface area contributed by atoms with Gasteiger partial charge in [0.25, 0.3) is 0 Å². The van der Waals surface area contributed by atoms with Gasteiger partial charge in [-0.05, 0) is 31.7 Å². The summed E-state index contributed by atoms with van der Waals surface area (Å²) in [6.07, 6.45) is 2.14. The van der Waals surface area contributed by atoms with Gasteiger partial charge in [0.05, 0.1) is 17.8 Å². The lowest BCUT2D eigenvalue weighted by molar-refractivity contribution is 0.493. The molecule has 0 saturated carbocycles. The molecule has 1 aromatic carbocycles. The Labute approximate surface area is 128 Å². The zero-order chi connectivity index (χ0) is 15.8. The summed E-state index contributed by atoms with van der Waals surface area (Å²) in [5, 5.41) is 4.76. The molecular formula is C18H27N3. The Kier molecular flexibility index (Phi) is 3.98. The summed E-state index contributed by atoms with van der Waals surface area (Å²) >= 11 is 0. The molecule has 0 radical (unpaired) electrons. The van der Waals surface area contributed by atoms with Crippen LogP contribution in [-0.2, 0) is 17.5 Å². The maximum absolute atomic E-state index is 6.31. The Morgan fingerprint density at radius 3 is 2.05 bits per heavy atom. The molecule has 0 atom stereocenters. The molecule has 0 aliphatic carbocycles. The zero-order valence-corrected chi connectivity index (χ0v) is 14.1. The average molecular weight is 285 g/mol. The van der Waals surface area contributed by atoms with Crippen molar-refractivity contribution in [1.29, 1.82) is 0 Å². The smallest absolute Gasteiger partial charge is 0.0854 e. The quantitative estimate of drug-likeness (QED) is 0.933. The van der Waals surface area contributed by atoms with Crippen LogP contribution >= 0.6 is 0 Å². The maximum Gasteiger partial charge on any atom is 0.0854 e. The Bertz CT molecular complexity index is 576. The monoisotopic (exact) mass is 285 g/mol. The predicted molar refractivity (Wildman–Crippen MR) is 88.4 cm³/mol. The Balaban J connectivity index is 2.38. The van der Waals surface area contributed by atoms with E-state index in [-0.39, 0.29) is 5.41 Å². The minimum Gasteiger partial charge on any atom is -0.321 e. The van der Waals surface area contributed by atoms with Crippen LogP contribution in [0.25, 0.3) is 0 Å². The van der Waals surface area contributed by atoms with Gasteiger partial charge >= 0.3 is 0 Å². The molecule has 2 rings (SSSR count). The fraction of sp³-hybridized carbons (Fsp3) is 0.500. The number of aromatic nitrogens is 2. The number of nitrogens with zero attached hydrogens (tertiary/aromatic N) is 2. The van der Waals surface area contributed by atoms with Crippen LogP contribution in [0.1, 0.15) is 57.0 Å². The molecular weight excluding hydrogens is 258 g/mol. The number of hydrogen-bond donors (Lipinski definition) is 1. The molecule has 1 aromatic heterocycles. The van der Waals surface area contributed by atoms with Crippen molar-refractivity contribution in [2.24, 2.45) is 5.73 Å². The third-order valence-electron chi connectivity index (χ3n) is 3.65. The summed E-state index contributed by atoms with van der Waals surface area (Å²) in [6.45, 7) is 13.5. The van der Waals surface area contributed by atoms with Gasteiger partial charge in [-0.3, -0.25) is 4.68 Å². The van der Waals surface area contributed by atoms with Gasteiger partial charge in [0, 0.05) is 11.8 Å². The van der Waals surface area contributed by atoms with E-state index in [1.807, 2.05) is 18.5 Å². The second-order valence-corrected chi connectivity index (χ2v) is 7.55. The van der Waals surface area contributed by atoms with E-state index < -0.39 is 5.54 Å². The summed E-state index contributed by atoms with van der Waals surface area (Å²) < 4.78 is 2.01. The van der Waals surface area contributed by atoms with Crippen LogP contribution in [0.4, 0.5) is 0 Å². The third-order valence-corrected chi connectivity index (χ3v) is 3.65. The van der Waals surface area contributed by atoms with Gasteiger partial charge in [-0.2, -0.15) is 5.10 Å². The van der Waals surface area contributed by atoms with Gasteiger partial charge in [-0.1, -0.05) is 50.6 Å². The Morgan fingerprint density at radius 2 is 1.62 bits per heavy atom. The van der Waals surface area contributed by atoms with Crippen molar-refractivity contribution in [2.75, 3.05) is 0 Å². The number of nitrogens with two attached hydrogens (primary N) is 1. The van der Waals surface area contributed by atoms with E-state index in [2.05, 4.69) is 58.2 Å². The first-order chi connectivity index (χ1) is 9.57. The van der Waals surface area contributed by atoms with Crippen molar-refractivity contribution in [3.63, 3.8) is 0 Å². The van der Waals surface area contributed by atoms with Crippen LogP contribution < -0.4 is 5.73 Å². The number of hydrogen-bond acceptors (Lipinski definition) is 2. The van der Waals surface area contributed by atoms with Crippen molar-refractivity contribution in [1.82, 2.24) is 9.78 Å². The molecule has 21 heavy (non-hydrogen) atoms. The Morgan fingerprint density at radius 1 is 1.05 bits per heavy atom. The molecule has 0 bridgehead atoms. The van der Waals surface area contributed by atoms with Gasteiger partial charge < -0.3 is 5.73 Å². The molecule has 0 saturated heterocycles. The molecule has 0 aliphatic rings. The standard InChI is InChI=1S/C18H27N3/c1-13-7-9-14(10-8-13)11-21-12-15(17(2,3)4)16(20-21)18(5,6)19/h7-10,12H,11,19H2,1-6H3. The fourth-order valence-corrected chi connectivity index (χ4v) is 2.41. The van der Waals surface area contributed by atoms with Crippen molar-refractivity contribution >= 4 is 0 Å². The Hall–Kier alpha value is -1.61. The van der Waals surface area contributed by atoms with Crippen LogP contribution in [0.3, 0.4) is 0 Å². The predicted octanol–water partition coefficient (Wildman–Crippen LogP) is 3.73. The number of rotatable bonds is 3. The lowest BCUT2D eigenvalue weighted by Gasteiger charge is -2.24. The number of aryl methyl sites for hydroxylation is 1. The average Bonchev–Trinajstić information content (AvgIpc) is 2.76. The summed E-state index contributed by atoms with van der Waals surface area (Å²) in [5.74, 6) is 0. The first-order valence-corrected chi connectivity index (χ1v) is 7.50. The minimum atomic E-state index is -0.429. The van der Waals surface area contributed by atoms with E-state index >= 15 is 0 Å². The highest BCUT2D eigenvalue weighted by Crippen LogP contribution is 2.30. The molecule has 0 fully saturated rings. The van der Waals surface area contributed by atoms with Gasteiger partial charge in [0.15, 0.2) is 0 Å². The lowest BCUT2D eigenvalue weighted by atomic mass is 9.83. The van der Waals surface area contributed by atoms with E-state index in [0.717, 1.165) is 12.2 Å². The highest BCUT2D eigenvalue weighted by Gasteiger charge is 2.29. The summed E-state index contributed by atoms with van der Waals surface area (Å²) in [6, 6.07) is 8.58. The van der Waals surface area contributed by atoms with E-state index in [0.29, 0.717) is 0 Å². The van der Waals surface area contributed by atoms with Crippen LogP contribution in [0.15, 0.2) is 30.5 Å². The molecule has 3 heteroatoms. The van der Waals surface area contributed by atoms with Crippen LogP contribution in [0, 0.1) is 6.92 Å². The second-order valence-electron chi connectivity index (χ2n) is 7.55. The van der Waals surface area contributed by atoms with Gasteiger partial charge in [0.2, 0.25) is 0 Å². The number of benzene rings is 1. The third kappa shape index (κ3) is 3.73. The topological polar surface area (TPSA) is 43.8 Å². The minimum absolute atomic E-state index is 0.0392. The van der Waals surface area contributed by atoms with Gasteiger partial charge in [0.1, 0.15) is 0 Å². The van der Waals surface area contributed by atoms with E-state index in [9.17, 15) is 0 Å². The van der Waals surface area contributed by atoms with Crippen molar-refractivity contribution in [3.05, 3.63) is 52.8 Å². The van der Waals surface area contributed by atoms with Crippen LogP contribution in [-0.4, -0.2) is 9.78 Å². The summed E-state index contributed by atoms with van der Waals surface area (Å²) in [7, 11) is 0. The molecule has 2 aromatic rings. The summed E-state index contributed by atoms with van der Waals surface area (Å²) in [4.78, 5) is 0. The maximum atomic E-state index is 6.31. The van der Waals surface area contributed by atoms with Crippen molar-refractivity contribution in [2.45, 2.75) is 59.0 Å². The molecule has 2 N–H and O–H groups in total. The largest absolute Gasteiger partial charge is 0.321 e. The van der Waals surface area contributed by atoms with Crippen LogP contribution in [0.2, 0.25) is 0 Å². The van der Waals surface area contributed by atoms with Crippen molar-refractivity contribution in [3.8, 4) is 0 Å². The molecule has 0 spiro atoms. The molecule has 0 amide bonds.